The van der Waals surface area contributed by atoms with Crippen LogP contribution in [0.5, 0.6) is 17.5 Å². The van der Waals surface area contributed by atoms with E-state index in [0.29, 0.717) is 62.5 Å². The van der Waals surface area contributed by atoms with Gasteiger partial charge in [-0.05, 0) is 102 Å². The van der Waals surface area contributed by atoms with E-state index < -0.39 is 85.9 Å². The van der Waals surface area contributed by atoms with Gasteiger partial charge in [0.05, 0.1) is 25.0 Å². The SMILES string of the molecule is CCOc1cc2cc(OC)ccc2c(OC2CC3C(=O)NC4(C(=O)NS(=O)(=O)C5(C)CC5)CC4C=CCCC(C)CC(C)C(NC(=O)OC(C)(C)C(F)(F)F)C(=O)N3C2)n1. The molecule has 3 N–H and O–H groups in total. The Morgan fingerprint density at radius 2 is 1.82 bits per heavy atom. The predicted octanol–water partition coefficient (Wildman–Crippen LogP) is 5.31. The van der Waals surface area contributed by atoms with Gasteiger partial charge in [0, 0.05) is 23.8 Å². The molecule has 3 heterocycles. The minimum atomic E-state index is -4.92. The van der Waals surface area contributed by atoms with Gasteiger partial charge in [-0.1, -0.05) is 26.0 Å². The molecule has 19 heteroatoms. The van der Waals surface area contributed by atoms with Crippen molar-refractivity contribution < 1.29 is 59.7 Å². The van der Waals surface area contributed by atoms with E-state index in [1.54, 1.807) is 44.2 Å². The van der Waals surface area contributed by atoms with Gasteiger partial charge in [0.2, 0.25) is 39.2 Å². The molecule has 60 heavy (non-hydrogen) atoms. The molecule has 15 nitrogen and oxygen atoms in total. The number of carbonyl (C=O) groups is 4. The smallest absolute Gasteiger partial charge is 0.427 e. The van der Waals surface area contributed by atoms with Crippen LogP contribution in [0.2, 0.25) is 0 Å². The highest BCUT2D eigenvalue weighted by Crippen LogP contribution is 2.48. The molecule has 6 rings (SSSR count). The third-order valence-corrected chi connectivity index (χ3v) is 14.3. The first-order valence-corrected chi connectivity index (χ1v) is 21.7. The molecule has 1 saturated heterocycles. The Labute approximate surface area is 347 Å². The van der Waals surface area contributed by atoms with Gasteiger partial charge in [-0.25, -0.2) is 13.2 Å². The van der Waals surface area contributed by atoms with Crippen molar-refractivity contribution in [1.29, 1.82) is 0 Å². The summed E-state index contributed by atoms with van der Waals surface area (Å²) in [5, 5.41) is 6.40. The van der Waals surface area contributed by atoms with Gasteiger partial charge < -0.3 is 34.5 Å². The van der Waals surface area contributed by atoms with Crippen molar-refractivity contribution in [3.05, 3.63) is 36.4 Å². The number of methoxy groups -OCH3 is 1. The number of aromatic nitrogens is 1. The van der Waals surface area contributed by atoms with Gasteiger partial charge in [0.25, 0.3) is 5.91 Å². The number of pyridine rings is 1. The third-order valence-electron chi connectivity index (χ3n) is 12.1. The molecule has 1 aromatic heterocycles. The lowest BCUT2D eigenvalue weighted by Crippen LogP contribution is -2.59. The van der Waals surface area contributed by atoms with E-state index in [1.807, 2.05) is 13.0 Å². The van der Waals surface area contributed by atoms with Crippen molar-refractivity contribution in [2.45, 2.75) is 127 Å². The summed E-state index contributed by atoms with van der Waals surface area (Å²) in [6, 6.07) is 4.10. The van der Waals surface area contributed by atoms with Crippen LogP contribution in [-0.4, -0.2) is 103 Å². The van der Waals surface area contributed by atoms with Crippen molar-refractivity contribution in [3.8, 4) is 17.5 Å². The Bertz CT molecular complexity index is 2150. The second kappa shape index (κ2) is 16.6. The third kappa shape index (κ3) is 9.24. The largest absolute Gasteiger partial charge is 0.497 e. The predicted molar refractivity (Wildman–Crippen MR) is 213 cm³/mol. The number of alkyl carbamates (subject to hydrolysis) is 1. The molecule has 2 saturated carbocycles. The van der Waals surface area contributed by atoms with Gasteiger partial charge in [0.15, 0.2) is 0 Å². The van der Waals surface area contributed by atoms with Crippen LogP contribution in [0.15, 0.2) is 36.4 Å². The average molecular weight is 866 g/mol. The molecule has 2 aliphatic carbocycles. The summed E-state index contributed by atoms with van der Waals surface area (Å²) in [7, 11) is -2.57. The van der Waals surface area contributed by atoms with Crippen LogP contribution < -0.4 is 29.6 Å². The number of nitrogens with zero attached hydrogens (tertiary/aromatic N) is 2. The quantitative estimate of drug-likeness (QED) is 0.262. The fourth-order valence-corrected chi connectivity index (χ4v) is 9.13. The average Bonchev–Trinajstić information content (AvgIpc) is 4.04. The first-order valence-electron chi connectivity index (χ1n) is 20.2. The Kier molecular flexibility index (Phi) is 12.4. The molecule has 4 amide bonds. The summed E-state index contributed by atoms with van der Waals surface area (Å²) in [6.45, 7) is 8.36. The monoisotopic (exact) mass is 865 g/mol. The second-order valence-corrected chi connectivity index (χ2v) is 19.5. The van der Waals surface area contributed by atoms with Crippen LogP contribution in [0.3, 0.4) is 0 Å². The summed E-state index contributed by atoms with van der Waals surface area (Å²) in [6.07, 6.45) is -1.50. The van der Waals surface area contributed by atoms with Crippen molar-refractivity contribution in [2.75, 3.05) is 20.3 Å². The molecule has 330 valence electrons. The molecule has 3 fully saturated rings. The maximum Gasteiger partial charge on any atom is 0.427 e. The van der Waals surface area contributed by atoms with E-state index in [4.69, 9.17) is 18.9 Å². The summed E-state index contributed by atoms with van der Waals surface area (Å²) < 4.78 is 91.2. The van der Waals surface area contributed by atoms with E-state index in [9.17, 15) is 40.8 Å². The van der Waals surface area contributed by atoms with Crippen molar-refractivity contribution in [1.82, 2.24) is 25.2 Å². The normalized spacial score (nSPS) is 28.3. The van der Waals surface area contributed by atoms with Crippen LogP contribution >= 0.6 is 0 Å². The summed E-state index contributed by atoms with van der Waals surface area (Å²) in [5.74, 6) is -2.85. The number of ether oxygens (including phenoxy) is 4. The second-order valence-electron chi connectivity index (χ2n) is 17.3. The van der Waals surface area contributed by atoms with E-state index in [2.05, 4.69) is 20.3 Å². The van der Waals surface area contributed by atoms with Crippen molar-refractivity contribution in [2.24, 2.45) is 17.8 Å². The number of allylic oxidation sites excluding steroid dienone is 1. The zero-order valence-electron chi connectivity index (χ0n) is 34.8. The van der Waals surface area contributed by atoms with Crippen LogP contribution in [-0.2, 0) is 29.1 Å². The number of benzene rings is 1. The van der Waals surface area contributed by atoms with E-state index >= 15 is 0 Å². The highest BCUT2D eigenvalue weighted by molar-refractivity contribution is 7.91. The number of rotatable bonds is 10. The minimum absolute atomic E-state index is 0.0491. The zero-order valence-corrected chi connectivity index (χ0v) is 35.6. The number of carbonyl (C=O) groups excluding carboxylic acids is 4. The Balaban J connectivity index is 1.37. The molecule has 2 aliphatic heterocycles. The first-order chi connectivity index (χ1) is 28.0. The van der Waals surface area contributed by atoms with Crippen LogP contribution in [0, 0.1) is 17.8 Å². The number of halogens is 3. The number of amides is 4. The fourth-order valence-electron chi connectivity index (χ4n) is 7.82. The van der Waals surface area contributed by atoms with Crippen molar-refractivity contribution in [3.63, 3.8) is 0 Å². The fraction of sp³-hybridized carbons (Fsp3) is 0.634. The Morgan fingerprint density at radius 1 is 1.10 bits per heavy atom. The summed E-state index contributed by atoms with van der Waals surface area (Å²) in [5.41, 5.74) is -4.56. The molecule has 4 aliphatic rings. The number of alkyl halides is 3. The van der Waals surface area contributed by atoms with Crippen LogP contribution in [0.25, 0.3) is 10.8 Å². The number of nitrogens with one attached hydrogen (secondary N) is 3. The maximum absolute atomic E-state index is 14.8. The molecule has 7 atom stereocenters. The van der Waals surface area contributed by atoms with E-state index in [0.717, 1.165) is 0 Å². The standard InChI is InChI=1S/C41H54F3N5O10S/c1-8-57-31-19-25-18-27(56-7)13-14-29(25)34(45-31)58-28-20-30-33(50)47-40(36(52)48-60(54,55)39(6)15-16-39)21-26(40)12-10-9-11-23(2)17-24(3)32(35(51)49(30)22-28)46-37(53)59-38(4,5)41(42,43)44/h10,12-14,18-19,23-24,26,28,30,32H,8-9,11,15-17,20-22H2,1-7H3,(H,46,53)(H,47,50)(H,48,52). The molecule has 0 spiro atoms. The van der Waals surface area contributed by atoms with Crippen LogP contribution in [0.4, 0.5) is 18.0 Å². The molecule has 7 unspecified atom stereocenters. The van der Waals surface area contributed by atoms with E-state index in [-0.39, 0.29) is 43.7 Å². The minimum Gasteiger partial charge on any atom is -0.497 e. The molecule has 2 aromatic rings. The lowest BCUT2D eigenvalue weighted by atomic mass is 9.88. The van der Waals surface area contributed by atoms with Gasteiger partial charge in [-0.2, -0.15) is 18.2 Å². The zero-order chi connectivity index (χ0) is 44.0. The van der Waals surface area contributed by atoms with Gasteiger partial charge in [0.1, 0.15) is 29.5 Å². The molecule has 1 aromatic carbocycles. The van der Waals surface area contributed by atoms with Gasteiger partial charge in [-0.3, -0.25) is 19.1 Å². The number of fused-ring (bicyclic) bond motifs is 3. The Hall–Kier alpha value is -4.81. The highest BCUT2D eigenvalue weighted by atomic mass is 32.2. The summed E-state index contributed by atoms with van der Waals surface area (Å²) >= 11 is 0. The molecule has 0 radical (unpaired) electrons. The maximum atomic E-state index is 14.8. The Morgan fingerprint density at radius 3 is 2.47 bits per heavy atom. The van der Waals surface area contributed by atoms with Crippen LogP contribution in [0.1, 0.15) is 86.5 Å². The van der Waals surface area contributed by atoms with E-state index in [1.165, 1.54) is 18.9 Å². The lowest BCUT2D eigenvalue weighted by Gasteiger charge is -2.34. The molecular formula is C41H54F3N5O10S. The molecular weight excluding hydrogens is 812 g/mol. The highest BCUT2D eigenvalue weighted by Gasteiger charge is 2.63. The number of hydrogen-bond acceptors (Lipinski definition) is 11. The number of sulfonamides is 1. The molecule has 0 bridgehead atoms. The van der Waals surface area contributed by atoms with Gasteiger partial charge in [-0.15, -0.1) is 0 Å². The van der Waals surface area contributed by atoms with Crippen molar-refractivity contribution >= 4 is 44.6 Å². The first kappa shape index (κ1) is 44.7. The lowest BCUT2D eigenvalue weighted by molar-refractivity contribution is -0.244. The topological polar surface area (TPSA) is 192 Å². The number of hydrogen-bond donors (Lipinski definition) is 3. The van der Waals surface area contributed by atoms with Gasteiger partial charge >= 0.3 is 12.3 Å². The summed E-state index contributed by atoms with van der Waals surface area (Å²) in [4.78, 5) is 62.3.